The number of hydrogen-bond acceptors (Lipinski definition) is 3. The molecule has 4 nitrogen and oxygen atoms in total. The summed E-state index contributed by atoms with van der Waals surface area (Å²) in [6.07, 6.45) is 1.39. The summed E-state index contributed by atoms with van der Waals surface area (Å²) in [6, 6.07) is 27.4. The normalized spacial score (nSPS) is 17.3. The average Bonchev–Trinajstić information content (AvgIpc) is 3.14. The number of fused-ring (bicyclic) bond motifs is 1. The number of rotatable bonds is 6. The molecule has 0 heterocycles. The molecule has 0 unspecified atom stereocenters. The van der Waals surface area contributed by atoms with Gasteiger partial charge in [0.2, 0.25) is 0 Å². The summed E-state index contributed by atoms with van der Waals surface area (Å²) >= 11 is 0. The van der Waals surface area contributed by atoms with Gasteiger partial charge in [0.25, 0.3) is 0 Å². The molecule has 0 aliphatic heterocycles. The highest BCUT2D eigenvalue weighted by Crippen LogP contribution is 2.37. The Hall–Kier alpha value is -3.27. The van der Waals surface area contributed by atoms with Crippen LogP contribution in [0.4, 0.5) is 10.5 Å². The highest BCUT2D eigenvalue weighted by Gasteiger charge is 2.37. The minimum atomic E-state index is -0.278. The van der Waals surface area contributed by atoms with Gasteiger partial charge < -0.3 is 15.0 Å². The number of nitrogens with one attached hydrogen (secondary N) is 1. The van der Waals surface area contributed by atoms with E-state index in [0.717, 1.165) is 18.5 Å². The molecule has 4 rings (SSSR count). The van der Waals surface area contributed by atoms with Gasteiger partial charge in [0.05, 0.1) is 18.7 Å². The van der Waals surface area contributed by atoms with Gasteiger partial charge in [-0.15, -0.1) is 0 Å². The molecule has 1 aliphatic carbocycles. The smallest absolute Gasteiger partial charge is 0.409 e. The maximum absolute atomic E-state index is 12.5. The Balaban J connectivity index is 1.63. The Morgan fingerprint density at radius 2 is 1.70 bits per heavy atom. The van der Waals surface area contributed by atoms with Crippen LogP contribution in [0.1, 0.15) is 35.2 Å². The zero-order chi connectivity index (χ0) is 20.9. The summed E-state index contributed by atoms with van der Waals surface area (Å²) < 4.78 is 5.28. The van der Waals surface area contributed by atoms with E-state index in [1.54, 1.807) is 4.90 Å². The van der Waals surface area contributed by atoms with Gasteiger partial charge in [-0.2, -0.15) is 0 Å². The summed E-state index contributed by atoms with van der Waals surface area (Å²) in [6.45, 7) is 2.21. The Morgan fingerprint density at radius 1 is 1.00 bits per heavy atom. The molecule has 2 atom stereocenters. The lowest BCUT2D eigenvalue weighted by atomic mass is 10.0. The van der Waals surface area contributed by atoms with Crippen molar-refractivity contribution in [2.75, 3.05) is 19.0 Å². The Labute approximate surface area is 178 Å². The first-order chi connectivity index (χ1) is 14.7. The second-order valence-corrected chi connectivity index (χ2v) is 7.72. The SMILES string of the molecule is CCOC(=O)N(C)[C@@H]1Cc2ccccc2[C@H]1Nc1ccccc1Cc1ccccc1. The lowest BCUT2D eigenvalue weighted by Crippen LogP contribution is -2.42. The van der Waals surface area contributed by atoms with Crippen LogP contribution in [-0.2, 0) is 17.6 Å². The number of anilines is 1. The highest BCUT2D eigenvalue weighted by atomic mass is 16.6. The van der Waals surface area contributed by atoms with Crippen LogP contribution in [0.3, 0.4) is 0 Å². The molecule has 0 saturated heterocycles. The molecule has 0 spiro atoms. The fourth-order valence-electron chi connectivity index (χ4n) is 4.27. The van der Waals surface area contributed by atoms with Gasteiger partial charge in [0.15, 0.2) is 0 Å². The minimum absolute atomic E-state index is 0.00697. The van der Waals surface area contributed by atoms with Crippen molar-refractivity contribution in [1.29, 1.82) is 0 Å². The second-order valence-electron chi connectivity index (χ2n) is 7.72. The van der Waals surface area contributed by atoms with Crippen molar-refractivity contribution < 1.29 is 9.53 Å². The summed E-state index contributed by atoms with van der Waals surface area (Å²) in [7, 11) is 1.83. The monoisotopic (exact) mass is 400 g/mol. The summed E-state index contributed by atoms with van der Waals surface area (Å²) in [5.41, 5.74) is 6.14. The van der Waals surface area contributed by atoms with Gasteiger partial charge in [0.1, 0.15) is 0 Å². The molecule has 0 aromatic heterocycles. The van der Waals surface area contributed by atoms with Crippen LogP contribution in [0.15, 0.2) is 78.9 Å². The minimum Gasteiger partial charge on any atom is -0.450 e. The van der Waals surface area contributed by atoms with Gasteiger partial charge in [-0.3, -0.25) is 0 Å². The van der Waals surface area contributed by atoms with Crippen LogP contribution in [0.2, 0.25) is 0 Å². The van der Waals surface area contributed by atoms with Gasteiger partial charge >= 0.3 is 6.09 Å². The van der Waals surface area contributed by atoms with Crippen LogP contribution in [0.5, 0.6) is 0 Å². The zero-order valence-electron chi connectivity index (χ0n) is 17.5. The van der Waals surface area contributed by atoms with E-state index in [1.807, 2.05) is 20.0 Å². The van der Waals surface area contributed by atoms with Gasteiger partial charge in [-0.25, -0.2) is 4.79 Å². The number of carbonyl (C=O) groups is 1. The Bertz CT molecular complexity index is 1000. The predicted octanol–water partition coefficient (Wildman–Crippen LogP) is 5.44. The molecule has 0 radical (unpaired) electrons. The topological polar surface area (TPSA) is 41.6 Å². The zero-order valence-corrected chi connectivity index (χ0v) is 17.5. The first-order valence-electron chi connectivity index (χ1n) is 10.5. The van der Waals surface area contributed by atoms with Crippen LogP contribution < -0.4 is 5.32 Å². The van der Waals surface area contributed by atoms with E-state index < -0.39 is 0 Å². The standard InChI is InChI=1S/C26H28N2O2/c1-3-30-26(29)28(2)24-18-20-13-7-9-15-22(20)25(24)27-23-16-10-8-14-21(23)17-19-11-5-4-6-12-19/h4-16,24-25,27H,3,17-18H2,1-2H3/t24-,25-/m1/s1. The largest absolute Gasteiger partial charge is 0.450 e. The van der Waals surface area contributed by atoms with E-state index in [1.165, 1.54) is 22.3 Å². The Morgan fingerprint density at radius 3 is 2.50 bits per heavy atom. The molecular formula is C26H28N2O2. The van der Waals surface area contributed by atoms with Crippen molar-refractivity contribution >= 4 is 11.8 Å². The molecule has 0 bridgehead atoms. The molecule has 0 saturated carbocycles. The predicted molar refractivity (Wildman–Crippen MR) is 121 cm³/mol. The summed E-state index contributed by atoms with van der Waals surface area (Å²) in [5, 5.41) is 3.76. The summed E-state index contributed by atoms with van der Waals surface area (Å²) in [5.74, 6) is 0. The van der Waals surface area contributed by atoms with Crippen molar-refractivity contribution in [1.82, 2.24) is 4.90 Å². The fraction of sp³-hybridized carbons (Fsp3) is 0.269. The first-order valence-corrected chi connectivity index (χ1v) is 10.5. The lowest BCUT2D eigenvalue weighted by molar-refractivity contribution is 0.0996. The molecule has 154 valence electrons. The third-order valence-corrected chi connectivity index (χ3v) is 5.82. The van der Waals surface area contributed by atoms with Crippen LogP contribution >= 0.6 is 0 Å². The van der Waals surface area contributed by atoms with Crippen molar-refractivity contribution in [2.45, 2.75) is 31.8 Å². The Kier molecular flexibility index (Phi) is 6.03. The maximum Gasteiger partial charge on any atom is 0.409 e. The number of nitrogens with zero attached hydrogens (tertiary/aromatic N) is 1. The number of benzene rings is 3. The van der Waals surface area contributed by atoms with Gasteiger partial charge in [-0.1, -0.05) is 72.8 Å². The van der Waals surface area contributed by atoms with E-state index in [9.17, 15) is 4.79 Å². The lowest BCUT2D eigenvalue weighted by Gasteiger charge is -2.31. The number of likely N-dealkylation sites (N-methyl/N-ethyl adjacent to an activating group) is 1. The average molecular weight is 401 g/mol. The van der Waals surface area contributed by atoms with Crippen molar-refractivity contribution in [2.24, 2.45) is 0 Å². The van der Waals surface area contributed by atoms with E-state index in [2.05, 4.69) is 78.1 Å². The number of hydrogen-bond donors (Lipinski definition) is 1. The summed E-state index contributed by atoms with van der Waals surface area (Å²) in [4.78, 5) is 14.2. The molecule has 1 aliphatic rings. The number of carbonyl (C=O) groups excluding carboxylic acids is 1. The maximum atomic E-state index is 12.5. The van der Waals surface area contributed by atoms with E-state index >= 15 is 0 Å². The quantitative estimate of drug-likeness (QED) is 0.599. The van der Waals surface area contributed by atoms with E-state index in [4.69, 9.17) is 4.74 Å². The van der Waals surface area contributed by atoms with Crippen LogP contribution in [0.25, 0.3) is 0 Å². The number of para-hydroxylation sites is 1. The second kappa shape index (κ2) is 9.04. The molecular weight excluding hydrogens is 372 g/mol. The molecule has 1 N–H and O–H groups in total. The van der Waals surface area contributed by atoms with Crippen molar-refractivity contribution in [3.05, 3.63) is 101 Å². The van der Waals surface area contributed by atoms with Gasteiger partial charge in [0, 0.05) is 12.7 Å². The van der Waals surface area contributed by atoms with Crippen molar-refractivity contribution in [3.8, 4) is 0 Å². The van der Waals surface area contributed by atoms with E-state index in [0.29, 0.717) is 6.61 Å². The molecule has 3 aromatic carbocycles. The number of ether oxygens (including phenoxy) is 1. The first kappa shape index (κ1) is 20.0. The van der Waals surface area contributed by atoms with E-state index in [-0.39, 0.29) is 18.2 Å². The van der Waals surface area contributed by atoms with Crippen LogP contribution in [0, 0.1) is 0 Å². The molecule has 3 aromatic rings. The number of amides is 1. The van der Waals surface area contributed by atoms with Gasteiger partial charge in [-0.05, 0) is 48.1 Å². The van der Waals surface area contributed by atoms with Crippen LogP contribution in [-0.4, -0.2) is 30.7 Å². The molecule has 0 fully saturated rings. The highest BCUT2D eigenvalue weighted by molar-refractivity contribution is 5.68. The van der Waals surface area contributed by atoms with Crippen molar-refractivity contribution in [3.63, 3.8) is 0 Å². The molecule has 4 heteroatoms. The third-order valence-electron chi connectivity index (χ3n) is 5.82. The molecule has 1 amide bonds. The fourth-order valence-corrected chi connectivity index (χ4v) is 4.27. The third kappa shape index (κ3) is 4.18. The molecule has 30 heavy (non-hydrogen) atoms.